The maximum absolute atomic E-state index is 13.0. The quantitative estimate of drug-likeness (QED) is 0.627. The molecule has 0 unspecified atom stereocenters. The number of nitrogens with zero attached hydrogens (tertiary/aromatic N) is 3. The van der Waals surface area contributed by atoms with Crippen LogP contribution < -0.4 is 9.62 Å². The van der Waals surface area contributed by atoms with Crippen LogP contribution in [0.3, 0.4) is 0 Å². The van der Waals surface area contributed by atoms with E-state index in [0.29, 0.717) is 36.4 Å². The Bertz CT molecular complexity index is 1250. The zero-order valence-electron chi connectivity index (χ0n) is 18.0. The summed E-state index contributed by atoms with van der Waals surface area (Å²) in [6.07, 6.45) is 0.834. The van der Waals surface area contributed by atoms with Crippen LogP contribution in [-0.2, 0) is 10.0 Å². The molecule has 1 amide bonds. The standard InChI is InChI=1S/C25H24N4O3S/c26-19-20-7-13-23(14-8-20)28-15-4-16-29(18-17-28)25(30)21-9-11-22(12-10-21)27-33(31,32)24-5-2-1-3-6-24/h1-3,5-14,27H,4,15-18H2. The minimum absolute atomic E-state index is 0.0749. The molecule has 33 heavy (non-hydrogen) atoms. The topological polar surface area (TPSA) is 93.5 Å². The highest BCUT2D eigenvalue weighted by atomic mass is 32.2. The molecule has 1 aliphatic heterocycles. The van der Waals surface area contributed by atoms with Gasteiger partial charge in [0, 0.05) is 43.1 Å². The number of hydrogen-bond donors (Lipinski definition) is 1. The minimum atomic E-state index is -3.68. The van der Waals surface area contributed by atoms with Crippen LogP contribution in [0, 0.1) is 11.3 Å². The van der Waals surface area contributed by atoms with Crippen LogP contribution in [0.5, 0.6) is 0 Å². The fourth-order valence-electron chi connectivity index (χ4n) is 3.80. The Hall–Kier alpha value is -3.83. The summed E-state index contributed by atoms with van der Waals surface area (Å²) in [5.74, 6) is -0.0749. The third-order valence-corrected chi connectivity index (χ3v) is 6.98. The number of hydrogen-bond acceptors (Lipinski definition) is 5. The summed E-state index contributed by atoms with van der Waals surface area (Å²) in [6, 6.07) is 24.3. The molecule has 3 aromatic rings. The van der Waals surface area contributed by atoms with E-state index in [1.54, 1.807) is 54.6 Å². The zero-order valence-corrected chi connectivity index (χ0v) is 18.8. The lowest BCUT2D eigenvalue weighted by Crippen LogP contribution is -2.35. The first-order valence-corrected chi connectivity index (χ1v) is 12.2. The van der Waals surface area contributed by atoms with Crippen molar-refractivity contribution in [3.05, 3.63) is 90.0 Å². The van der Waals surface area contributed by atoms with Crippen LogP contribution in [-0.4, -0.2) is 45.4 Å². The van der Waals surface area contributed by atoms with E-state index in [-0.39, 0.29) is 10.8 Å². The Morgan fingerprint density at radius 3 is 2.21 bits per heavy atom. The van der Waals surface area contributed by atoms with E-state index in [1.165, 1.54) is 12.1 Å². The van der Waals surface area contributed by atoms with Gasteiger partial charge >= 0.3 is 0 Å². The fourth-order valence-corrected chi connectivity index (χ4v) is 4.88. The van der Waals surface area contributed by atoms with Gasteiger partial charge < -0.3 is 9.80 Å². The molecule has 1 aliphatic rings. The van der Waals surface area contributed by atoms with Crippen molar-refractivity contribution in [3.63, 3.8) is 0 Å². The van der Waals surface area contributed by atoms with E-state index in [1.807, 2.05) is 17.0 Å². The van der Waals surface area contributed by atoms with Crippen molar-refractivity contribution in [2.45, 2.75) is 11.3 Å². The van der Waals surface area contributed by atoms with E-state index in [9.17, 15) is 13.2 Å². The third-order valence-electron chi connectivity index (χ3n) is 5.58. The first kappa shape index (κ1) is 22.4. The molecule has 7 nitrogen and oxygen atoms in total. The van der Waals surface area contributed by atoms with Crippen molar-refractivity contribution in [1.82, 2.24) is 4.90 Å². The predicted molar refractivity (Wildman–Crippen MR) is 128 cm³/mol. The van der Waals surface area contributed by atoms with Crippen LogP contribution in [0.15, 0.2) is 83.8 Å². The number of sulfonamides is 1. The molecule has 1 saturated heterocycles. The van der Waals surface area contributed by atoms with Gasteiger partial charge in [-0.2, -0.15) is 5.26 Å². The second-order valence-corrected chi connectivity index (χ2v) is 9.47. The second-order valence-electron chi connectivity index (χ2n) is 7.79. The summed E-state index contributed by atoms with van der Waals surface area (Å²) in [7, 11) is -3.68. The average molecular weight is 461 g/mol. The molecule has 0 atom stereocenters. The van der Waals surface area contributed by atoms with Crippen LogP contribution in [0.25, 0.3) is 0 Å². The Labute approximate surface area is 193 Å². The molecule has 0 spiro atoms. The van der Waals surface area contributed by atoms with Gasteiger partial charge in [0.25, 0.3) is 15.9 Å². The molecule has 168 valence electrons. The highest BCUT2D eigenvalue weighted by Crippen LogP contribution is 2.20. The lowest BCUT2D eigenvalue weighted by atomic mass is 10.2. The maximum Gasteiger partial charge on any atom is 0.261 e. The van der Waals surface area contributed by atoms with E-state index in [2.05, 4.69) is 15.7 Å². The van der Waals surface area contributed by atoms with Crippen molar-refractivity contribution in [2.24, 2.45) is 0 Å². The number of carbonyl (C=O) groups is 1. The Morgan fingerprint density at radius 1 is 0.848 bits per heavy atom. The van der Waals surface area contributed by atoms with Crippen molar-refractivity contribution in [2.75, 3.05) is 35.8 Å². The molecule has 0 aromatic heterocycles. The summed E-state index contributed by atoms with van der Waals surface area (Å²) >= 11 is 0. The number of amides is 1. The van der Waals surface area contributed by atoms with Crippen LogP contribution in [0.2, 0.25) is 0 Å². The molecule has 3 aromatic carbocycles. The first-order valence-electron chi connectivity index (χ1n) is 10.7. The van der Waals surface area contributed by atoms with Gasteiger partial charge in [-0.3, -0.25) is 9.52 Å². The number of nitrogens with one attached hydrogen (secondary N) is 1. The third kappa shape index (κ3) is 5.33. The highest BCUT2D eigenvalue weighted by molar-refractivity contribution is 7.92. The predicted octanol–water partition coefficient (Wildman–Crippen LogP) is 3.71. The van der Waals surface area contributed by atoms with E-state index in [4.69, 9.17) is 5.26 Å². The zero-order chi connectivity index (χ0) is 23.3. The van der Waals surface area contributed by atoms with Gasteiger partial charge in [0.2, 0.25) is 0 Å². The lowest BCUT2D eigenvalue weighted by Gasteiger charge is -2.24. The Morgan fingerprint density at radius 2 is 1.55 bits per heavy atom. The summed E-state index contributed by atoms with van der Waals surface area (Å²) < 4.78 is 27.5. The molecule has 0 saturated carbocycles. The highest BCUT2D eigenvalue weighted by Gasteiger charge is 2.21. The van der Waals surface area contributed by atoms with Crippen molar-refractivity contribution in [3.8, 4) is 6.07 Å². The molecule has 0 aliphatic carbocycles. The van der Waals surface area contributed by atoms with Crippen LogP contribution in [0.1, 0.15) is 22.3 Å². The molecular weight excluding hydrogens is 436 g/mol. The first-order chi connectivity index (χ1) is 16.0. The van der Waals surface area contributed by atoms with Crippen LogP contribution >= 0.6 is 0 Å². The summed E-state index contributed by atoms with van der Waals surface area (Å²) in [4.78, 5) is 17.3. The van der Waals surface area contributed by atoms with E-state index >= 15 is 0 Å². The van der Waals surface area contributed by atoms with Gasteiger partial charge in [-0.15, -0.1) is 0 Å². The Balaban J connectivity index is 1.39. The summed E-state index contributed by atoms with van der Waals surface area (Å²) in [5.41, 5.74) is 2.58. The van der Waals surface area contributed by atoms with Crippen molar-refractivity contribution < 1.29 is 13.2 Å². The number of nitriles is 1. The van der Waals surface area contributed by atoms with Gasteiger partial charge in [0.1, 0.15) is 0 Å². The van der Waals surface area contributed by atoms with Gasteiger partial charge in [-0.25, -0.2) is 8.42 Å². The van der Waals surface area contributed by atoms with Crippen molar-refractivity contribution >= 4 is 27.3 Å². The van der Waals surface area contributed by atoms with Gasteiger partial charge in [-0.05, 0) is 67.1 Å². The van der Waals surface area contributed by atoms with Crippen LogP contribution in [0.4, 0.5) is 11.4 Å². The lowest BCUT2D eigenvalue weighted by molar-refractivity contribution is 0.0767. The van der Waals surface area contributed by atoms with Gasteiger partial charge in [-0.1, -0.05) is 18.2 Å². The number of carbonyl (C=O) groups excluding carboxylic acids is 1. The largest absolute Gasteiger partial charge is 0.370 e. The van der Waals surface area contributed by atoms with Gasteiger partial charge in [0.05, 0.1) is 16.5 Å². The Kier molecular flexibility index (Phi) is 6.61. The monoisotopic (exact) mass is 460 g/mol. The smallest absolute Gasteiger partial charge is 0.261 e. The molecule has 1 fully saturated rings. The van der Waals surface area contributed by atoms with Crippen molar-refractivity contribution in [1.29, 1.82) is 5.26 Å². The maximum atomic E-state index is 13.0. The molecule has 4 rings (SSSR count). The molecule has 0 bridgehead atoms. The number of rotatable bonds is 5. The normalized spacial score (nSPS) is 14.3. The molecule has 8 heteroatoms. The summed E-state index contributed by atoms with van der Waals surface area (Å²) in [6.45, 7) is 2.76. The molecule has 0 radical (unpaired) electrons. The minimum Gasteiger partial charge on any atom is -0.370 e. The summed E-state index contributed by atoms with van der Waals surface area (Å²) in [5, 5.41) is 8.97. The van der Waals surface area contributed by atoms with E-state index < -0.39 is 10.0 Å². The fraction of sp³-hybridized carbons (Fsp3) is 0.200. The van der Waals surface area contributed by atoms with E-state index in [0.717, 1.165) is 18.7 Å². The molecule has 1 N–H and O–H groups in total. The molecule has 1 heterocycles. The second kappa shape index (κ2) is 9.76. The SMILES string of the molecule is N#Cc1ccc(N2CCCN(C(=O)c3ccc(NS(=O)(=O)c4ccccc4)cc3)CC2)cc1. The number of benzene rings is 3. The van der Waals surface area contributed by atoms with Gasteiger partial charge in [0.15, 0.2) is 0 Å². The average Bonchev–Trinajstić information content (AvgIpc) is 3.11. The molecular formula is C25H24N4O3S. The number of anilines is 2.